The van der Waals surface area contributed by atoms with Gasteiger partial charge in [-0.15, -0.1) is 11.3 Å². The maximum absolute atomic E-state index is 12.6. The highest BCUT2D eigenvalue weighted by Gasteiger charge is 2.37. The summed E-state index contributed by atoms with van der Waals surface area (Å²) >= 11 is 1.44. The van der Waals surface area contributed by atoms with Gasteiger partial charge in [-0.1, -0.05) is 18.2 Å². The van der Waals surface area contributed by atoms with Crippen LogP contribution < -0.4 is 10.1 Å². The van der Waals surface area contributed by atoms with E-state index in [-0.39, 0.29) is 11.3 Å². The van der Waals surface area contributed by atoms with Gasteiger partial charge in [-0.3, -0.25) is 4.79 Å². The summed E-state index contributed by atoms with van der Waals surface area (Å²) in [6.07, 6.45) is 1.71. The summed E-state index contributed by atoms with van der Waals surface area (Å²) in [5, 5.41) is 4.04. The number of nitrogens with one attached hydrogen (secondary N) is 1. The fourth-order valence-electron chi connectivity index (χ4n) is 3.46. The lowest BCUT2D eigenvalue weighted by atomic mass is 9.73. The lowest BCUT2D eigenvalue weighted by Gasteiger charge is -2.38. The zero-order valence-electron chi connectivity index (χ0n) is 14.9. The minimum absolute atomic E-state index is 0.0520. The number of carbonyl (C=O) groups is 1. The summed E-state index contributed by atoms with van der Waals surface area (Å²) in [4.78, 5) is 17.7. The van der Waals surface area contributed by atoms with Crippen LogP contribution in [0.4, 0.5) is 0 Å². The third kappa shape index (κ3) is 3.70. The number of benzene rings is 1. The van der Waals surface area contributed by atoms with Gasteiger partial charge in [0, 0.05) is 30.7 Å². The molecule has 1 fully saturated rings. The molecule has 0 aliphatic carbocycles. The van der Waals surface area contributed by atoms with Crippen LogP contribution in [0.3, 0.4) is 0 Å². The summed E-state index contributed by atoms with van der Waals surface area (Å²) in [6.45, 7) is 5.73. The van der Waals surface area contributed by atoms with Crippen LogP contribution in [0.25, 0.3) is 0 Å². The number of nitrogens with zero attached hydrogens (tertiary/aromatic N) is 1. The molecular formula is C19H24N2O3S. The van der Waals surface area contributed by atoms with Crippen molar-refractivity contribution < 1.29 is 14.3 Å². The van der Waals surface area contributed by atoms with Crippen molar-refractivity contribution >= 4 is 17.2 Å². The molecule has 1 aliphatic rings. The van der Waals surface area contributed by atoms with Crippen molar-refractivity contribution in [3.63, 3.8) is 0 Å². The third-order valence-corrected chi connectivity index (χ3v) is 5.90. The number of aromatic nitrogens is 1. The van der Waals surface area contributed by atoms with E-state index in [1.54, 1.807) is 7.11 Å². The SMILES string of the molecule is COc1ccccc1C1(CNC(=O)c2sc(C)nc2C)CCOCC1. The Labute approximate surface area is 152 Å². The molecule has 1 N–H and O–H groups in total. The minimum Gasteiger partial charge on any atom is -0.496 e. The lowest BCUT2D eigenvalue weighted by Crippen LogP contribution is -2.44. The Morgan fingerprint density at radius 2 is 2.04 bits per heavy atom. The van der Waals surface area contributed by atoms with E-state index in [1.165, 1.54) is 11.3 Å². The highest BCUT2D eigenvalue weighted by atomic mass is 32.1. The molecule has 2 heterocycles. The number of hydrogen-bond acceptors (Lipinski definition) is 5. The van der Waals surface area contributed by atoms with Crippen LogP contribution in [0, 0.1) is 13.8 Å². The number of rotatable bonds is 5. The molecular weight excluding hydrogens is 336 g/mol. The van der Waals surface area contributed by atoms with Crippen molar-refractivity contribution in [2.75, 3.05) is 26.9 Å². The van der Waals surface area contributed by atoms with E-state index in [9.17, 15) is 4.79 Å². The van der Waals surface area contributed by atoms with Gasteiger partial charge in [-0.25, -0.2) is 4.98 Å². The second kappa shape index (κ2) is 7.54. The van der Waals surface area contributed by atoms with E-state index < -0.39 is 0 Å². The largest absolute Gasteiger partial charge is 0.496 e. The first-order valence-electron chi connectivity index (χ1n) is 8.49. The fourth-order valence-corrected chi connectivity index (χ4v) is 4.29. The van der Waals surface area contributed by atoms with E-state index >= 15 is 0 Å². The number of carbonyl (C=O) groups excluding carboxylic acids is 1. The Hall–Kier alpha value is -1.92. The van der Waals surface area contributed by atoms with Crippen LogP contribution >= 0.6 is 11.3 Å². The molecule has 2 aromatic rings. The zero-order valence-corrected chi connectivity index (χ0v) is 15.7. The molecule has 6 heteroatoms. The zero-order chi connectivity index (χ0) is 17.9. The maximum atomic E-state index is 12.6. The Bertz CT molecular complexity index is 751. The molecule has 0 unspecified atom stereocenters. The number of aryl methyl sites for hydroxylation is 2. The van der Waals surface area contributed by atoms with Crippen LogP contribution in [0.15, 0.2) is 24.3 Å². The molecule has 0 spiro atoms. The number of methoxy groups -OCH3 is 1. The maximum Gasteiger partial charge on any atom is 0.263 e. The van der Waals surface area contributed by atoms with Crippen LogP contribution in [-0.2, 0) is 10.2 Å². The van der Waals surface area contributed by atoms with E-state index in [4.69, 9.17) is 9.47 Å². The van der Waals surface area contributed by atoms with Crippen molar-refractivity contribution in [2.24, 2.45) is 0 Å². The van der Waals surface area contributed by atoms with Crippen LogP contribution in [-0.4, -0.2) is 37.8 Å². The molecule has 0 atom stereocenters. The van der Waals surface area contributed by atoms with Crippen LogP contribution in [0.5, 0.6) is 5.75 Å². The second-order valence-corrected chi connectivity index (χ2v) is 7.63. The molecule has 1 aromatic heterocycles. The minimum atomic E-state index is -0.172. The van der Waals surface area contributed by atoms with E-state index in [2.05, 4.69) is 16.4 Å². The Kier molecular flexibility index (Phi) is 5.39. The summed E-state index contributed by atoms with van der Waals surface area (Å²) in [6, 6.07) is 8.06. The Morgan fingerprint density at radius 1 is 1.32 bits per heavy atom. The molecule has 5 nitrogen and oxygen atoms in total. The van der Waals surface area contributed by atoms with Gasteiger partial charge in [-0.2, -0.15) is 0 Å². The van der Waals surface area contributed by atoms with Crippen molar-refractivity contribution in [2.45, 2.75) is 32.1 Å². The first kappa shape index (κ1) is 17.9. The first-order chi connectivity index (χ1) is 12.1. The average Bonchev–Trinajstić information content (AvgIpc) is 2.98. The van der Waals surface area contributed by atoms with Gasteiger partial charge in [-0.05, 0) is 32.8 Å². The van der Waals surface area contributed by atoms with Gasteiger partial charge in [0.1, 0.15) is 10.6 Å². The number of para-hydroxylation sites is 1. The van der Waals surface area contributed by atoms with E-state index in [0.717, 1.165) is 34.9 Å². The van der Waals surface area contributed by atoms with Gasteiger partial charge >= 0.3 is 0 Å². The highest BCUT2D eigenvalue weighted by molar-refractivity contribution is 7.13. The van der Waals surface area contributed by atoms with Crippen molar-refractivity contribution in [1.82, 2.24) is 10.3 Å². The van der Waals surface area contributed by atoms with Crippen LogP contribution in [0.1, 0.15) is 38.8 Å². The highest BCUT2D eigenvalue weighted by Crippen LogP contribution is 2.39. The molecule has 0 bridgehead atoms. The van der Waals surface area contributed by atoms with E-state index in [0.29, 0.717) is 24.6 Å². The number of hydrogen-bond donors (Lipinski definition) is 1. The summed E-state index contributed by atoms with van der Waals surface area (Å²) < 4.78 is 11.1. The molecule has 0 radical (unpaired) electrons. The van der Waals surface area contributed by atoms with Crippen molar-refractivity contribution in [3.05, 3.63) is 45.4 Å². The standard InChI is InChI=1S/C19H24N2O3S/c1-13-17(25-14(2)21-13)18(22)20-12-19(8-10-24-11-9-19)15-6-4-5-7-16(15)23-3/h4-7H,8-12H2,1-3H3,(H,20,22). The molecule has 1 saturated heterocycles. The predicted molar refractivity (Wildman–Crippen MR) is 98.6 cm³/mol. The summed E-state index contributed by atoms with van der Waals surface area (Å²) in [5.41, 5.74) is 1.75. The third-order valence-electron chi connectivity index (χ3n) is 4.83. The van der Waals surface area contributed by atoms with Crippen LogP contribution in [0.2, 0.25) is 0 Å². The van der Waals surface area contributed by atoms with E-state index in [1.807, 2.05) is 32.0 Å². The van der Waals surface area contributed by atoms with Crippen molar-refractivity contribution in [1.29, 1.82) is 0 Å². The molecule has 25 heavy (non-hydrogen) atoms. The van der Waals surface area contributed by atoms with Gasteiger partial charge in [0.05, 0.1) is 17.8 Å². The monoisotopic (exact) mass is 360 g/mol. The van der Waals surface area contributed by atoms with Crippen molar-refractivity contribution in [3.8, 4) is 5.75 Å². The lowest BCUT2D eigenvalue weighted by molar-refractivity contribution is 0.0479. The summed E-state index contributed by atoms with van der Waals surface area (Å²) in [7, 11) is 1.69. The number of thiazole rings is 1. The Balaban J connectivity index is 1.84. The van der Waals surface area contributed by atoms with Gasteiger partial charge in [0.2, 0.25) is 0 Å². The average molecular weight is 360 g/mol. The quantitative estimate of drug-likeness (QED) is 0.889. The van der Waals surface area contributed by atoms with Gasteiger partial charge in [0.15, 0.2) is 0 Å². The Morgan fingerprint density at radius 3 is 2.68 bits per heavy atom. The first-order valence-corrected chi connectivity index (χ1v) is 9.31. The predicted octanol–water partition coefficient (Wildman–Crippen LogP) is 3.25. The molecule has 1 amide bonds. The fraction of sp³-hybridized carbons (Fsp3) is 0.474. The van der Waals surface area contributed by atoms with Gasteiger partial charge < -0.3 is 14.8 Å². The number of amides is 1. The normalized spacial score (nSPS) is 16.4. The summed E-state index contributed by atoms with van der Waals surface area (Å²) in [5.74, 6) is 0.812. The molecule has 1 aromatic carbocycles. The topological polar surface area (TPSA) is 60.5 Å². The van der Waals surface area contributed by atoms with Gasteiger partial charge in [0.25, 0.3) is 5.91 Å². The molecule has 134 valence electrons. The number of ether oxygens (including phenoxy) is 2. The second-order valence-electron chi connectivity index (χ2n) is 6.42. The molecule has 3 rings (SSSR count). The molecule has 1 aliphatic heterocycles. The smallest absolute Gasteiger partial charge is 0.263 e. The molecule has 0 saturated carbocycles.